The van der Waals surface area contributed by atoms with Crippen molar-refractivity contribution >= 4 is 27.4 Å². The molecule has 0 radical (unpaired) electrons. The molecule has 2 N–H and O–H groups in total. The Morgan fingerprint density at radius 2 is 2.05 bits per heavy atom. The van der Waals surface area contributed by atoms with Crippen LogP contribution < -0.4 is 5.73 Å². The molecule has 120 valence electrons. The summed E-state index contributed by atoms with van der Waals surface area (Å²) < 4.78 is 40.9. The number of rotatable bonds is 3. The summed E-state index contributed by atoms with van der Waals surface area (Å²) in [6.45, 7) is 0.889. The molecule has 0 aliphatic carbocycles. The molecule has 2 aromatic heterocycles. The van der Waals surface area contributed by atoms with Gasteiger partial charge in [0.1, 0.15) is 5.52 Å². The molecule has 0 amide bonds. The molecule has 0 bridgehead atoms. The van der Waals surface area contributed by atoms with E-state index in [0.29, 0.717) is 36.1 Å². The highest BCUT2D eigenvalue weighted by Gasteiger charge is 2.29. The Bertz CT molecular complexity index is 682. The number of hydrogen-bond donors (Lipinski definition) is 1. The molecule has 2 aromatic rings. The first kappa shape index (κ1) is 15.5. The van der Waals surface area contributed by atoms with Crippen LogP contribution in [0.5, 0.6) is 0 Å². The number of likely N-dealkylation sites (tertiary alicyclic amines) is 1. The number of hydrogen-bond acceptors (Lipinski definition) is 4. The van der Waals surface area contributed by atoms with Crippen LogP contribution in [0.3, 0.4) is 0 Å². The van der Waals surface area contributed by atoms with Gasteiger partial charge in [0.05, 0.1) is 22.9 Å². The Labute approximate surface area is 133 Å². The van der Waals surface area contributed by atoms with Crippen molar-refractivity contribution in [1.29, 1.82) is 0 Å². The van der Waals surface area contributed by atoms with E-state index >= 15 is 0 Å². The van der Waals surface area contributed by atoms with E-state index in [9.17, 15) is 13.2 Å². The maximum atomic E-state index is 14.3. The van der Waals surface area contributed by atoms with E-state index in [2.05, 4.69) is 26.0 Å². The standard InChI is InChI=1S/C13H15BrF3N5/c14-10-11(17)8-5-19-13(18)20-22(8)12(10)7-1-3-21(4-2-7)6-9(15)16/h5,7,9H,1-4,6H2,(H2,18,20). The summed E-state index contributed by atoms with van der Waals surface area (Å²) >= 11 is 3.27. The van der Waals surface area contributed by atoms with Crippen LogP contribution in [0.25, 0.3) is 5.52 Å². The molecule has 1 fully saturated rings. The van der Waals surface area contributed by atoms with Gasteiger partial charge in [-0.15, -0.1) is 5.10 Å². The summed E-state index contributed by atoms with van der Waals surface area (Å²) in [5, 5.41) is 4.08. The molecule has 0 aromatic carbocycles. The van der Waals surface area contributed by atoms with Gasteiger partial charge in [-0.3, -0.25) is 4.90 Å². The van der Waals surface area contributed by atoms with E-state index in [1.54, 1.807) is 4.90 Å². The van der Waals surface area contributed by atoms with Crippen molar-refractivity contribution in [2.75, 3.05) is 25.4 Å². The topological polar surface area (TPSA) is 59.5 Å². The number of nitrogen functional groups attached to an aromatic ring is 1. The molecule has 0 unspecified atom stereocenters. The first-order valence-corrected chi connectivity index (χ1v) is 7.75. The normalized spacial score (nSPS) is 17.7. The molecule has 0 spiro atoms. The molecule has 1 aliphatic heterocycles. The van der Waals surface area contributed by atoms with Crippen molar-refractivity contribution in [3.63, 3.8) is 0 Å². The van der Waals surface area contributed by atoms with Crippen LogP contribution in [0.15, 0.2) is 10.7 Å². The van der Waals surface area contributed by atoms with Gasteiger partial charge in [0.2, 0.25) is 5.95 Å². The highest BCUT2D eigenvalue weighted by molar-refractivity contribution is 9.10. The summed E-state index contributed by atoms with van der Waals surface area (Å²) in [7, 11) is 0. The molecule has 0 atom stereocenters. The summed E-state index contributed by atoms with van der Waals surface area (Å²) in [4.78, 5) is 5.53. The molecule has 3 heterocycles. The van der Waals surface area contributed by atoms with Gasteiger partial charge < -0.3 is 5.73 Å². The lowest BCUT2D eigenvalue weighted by Crippen LogP contribution is -2.36. The number of nitrogens with two attached hydrogens (primary N) is 1. The summed E-state index contributed by atoms with van der Waals surface area (Å²) in [6, 6.07) is 0. The molecule has 3 rings (SSSR count). The number of halogens is 4. The average molecular weight is 378 g/mol. The van der Waals surface area contributed by atoms with Crippen LogP contribution in [0, 0.1) is 5.82 Å². The third-order valence-electron chi connectivity index (χ3n) is 3.99. The van der Waals surface area contributed by atoms with E-state index in [1.165, 1.54) is 10.7 Å². The zero-order valence-electron chi connectivity index (χ0n) is 11.6. The van der Waals surface area contributed by atoms with Crippen molar-refractivity contribution in [3.8, 4) is 0 Å². The van der Waals surface area contributed by atoms with Gasteiger partial charge in [0.25, 0.3) is 6.43 Å². The number of piperidine rings is 1. The Morgan fingerprint density at radius 3 is 2.68 bits per heavy atom. The van der Waals surface area contributed by atoms with Crippen molar-refractivity contribution < 1.29 is 13.2 Å². The average Bonchev–Trinajstić information content (AvgIpc) is 2.71. The molecule has 5 nitrogen and oxygen atoms in total. The maximum absolute atomic E-state index is 14.3. The van der Waals surface area contributed by atoms with E-state index in [4.69, 9.17) is 5.73 Å². The fraction of sp³-hybridized carbons (Fsp3) is 0.538. The Morgan fingerprint density at radius 1 is 1.36 bits per heavy atom. The molecule has 1 saturated heterocycles. The van der Waals surface area contributed by atoms with Crippen LogP contribution in [0.1, 0.15) is 24.5 Å². The SMILES string of the molecule is Nc1ncc2c(F)c(Br)c(C3CCN(CC(F)F)CC3)n2n1. The number of anilines is 1. The largest absolute Gasteiger partial charge is 0.367 e. The van der Waals surface area contributed by atoms with Gasteiger partial charge in [0, 0.05) is 5.92 Å². The number of fused-ring (bicyclic) bond motifs is 1. The second-order valence-corrected chi connectivity index (χ2v) is 6.19. The van der Waals surface area contributed by atoms with Gasteiger partial charge in [-0.05, 0) is 41.9 Å². The second kappa shape index (κ2) is 6.04. The minimum absolute atomic E-state index is 0.0367. The minimum atomic E-state index is -2.33. The van der Waals surface area contributed by atoms with Crippen molar-refractivity contribution in [2.24, 2.45) is 0 Å². The van der Waals surface area contributed by atoms with Gasteiger partial charge in [-0.25, -0.2) is 22.7 Å². The summed E-state index contributed by atoms with van der Waals surface area (Å²) in [5.74, 6) is -0.328. The quantitative estimate of drug-likeness (QED) is 0.893. The summed E-state index contributed by atoms with van der Waals surface area (Å²) in [5.41, 5.74) is 6.53. The predicted molar refractivity (Wildman–Crippen MR) is 79.5 cm³/mol. The first-order valence-electron chi connectivity index (χ1n) is 6.96. The predicted octanol–water partition coefficient (Wildman–Crippen LogP) is 2.66. The zero-order valence-corrected chi connectivity index (χ0v) is 13.2. The van der Waals surface area contributed by atoms with E-state index in [0.717, 1.165) is 0 Å². The second-order valence-electron chi connectivity index (χ2n) is 5.39. The molecule has 9 heteroatoms. The third kappa shape index (κ3) is 2.79. The highest BCUT2D eigenvalue weighted by Crippen LogP contribution is 2.37. The molecule has 1 aliphatic rings. The van der Waals surface area contributed by atoms with E-state index in [1.807, 2.05) is 0 Å². The van der Waals surface area contributed by atoms with Gasteiger partial charge in [-0.2, -0.15) is 0 Å². The van der Waals surface area contributed by atoms with Crippen LogP contribution in [-0.4, -0.2) is 45.6 Å². The fourth-order valence-corrected chi connectivity index (χ4v) is 3.65. The van der Waals surface area contributed by atoms with Gasteiger partial charge in [-0.1, -0.05) is 0 Å². The Kier molecular flexibility index (Phi) is 4.26. The number of nitrogens with zero attached hydrogens (tertiary/aromatic N) is 4. The van der Waals surface area contributed by atoms with Crippen LogP contribution >= 0.6 is 15.9 Å². The van der Waals surface area contributed by atoms with Crippen LogP contribution in [0.4, 0.5) is 19.1 Å². The van der Waals surface area contributed by atoms with Crippen molar-refractivity contribution in [1.82, 2.24) is 19.5 Å². The van der Waals surface area contributed by atoms with Gasteiger partial charge >= 0.3 is 0 Å². The van der Waals surface area contributed by atoms with Crippen molar-refractivity contribution in [2.45, 2.75) is 25.2 Å². The number of alkyl halides is 2. The van der Waals surface area contributed by atoms with E-state index in [-0.39, 0.29) is 23.9 Å². The Hall–Kier alpha value is -1.35. The van der Waals surface area contributed by atoms with Crippen molar-refractivity contribution in [3.05, 3.63) is 22.2 Å². The molecule has 22 heavy (non-hydrogen) atoms. The Balaban J connectivity index is 1.88. The smallest absolute Gasteiger partial charge is 0.251 e. The molecular formula is C13H15BrF3N5. The lowest BCUT2D eigenvalue weighted by Gasteiger charge is -2.31. The van der Waals surface area contributed by atoms with Gasteiger partial charge in [0.15, 0.2) is 5.82 Å². The lowest BCUT2D eigenvalue weighted by atomic mass is 9.93. The molecular weight excluding hydrogens is 363 g/mol. The fourth-order valence-electron chi connectivity index (χ4n) is 2.95. The summed E-state index contributed by atoms with van der Waals surface area (Å²) in [6.07, 6.45) is 0.349. The molecule has 0 saturated carbocycles. The minimum Gasteiger partial charge on any atom is -0.367 e. The first-order chi connectivity index (χ1) is 10.5. The highest BCUT2D eigenvalue weighted by atomic mass is 79.9. The number of aromatic nitrogens is 3. The van der Waals surface area contributed by atoms with Crippen LogP contribution in [-0.2, 0) is 0 Å². The van der Waals surface area contributed by atoms with Crippen LogP contribution in [0.2, 0.25) is 0 Å². The maximum Gasteiger partial charge on any atom is 0.251 e. The third-order valence-corrected chi connectivity index (χ3v) is 4.75. The lowest BCUT2D eigenvalue weighted by molar-refractivity contribution is 0.0750. The zero-order chi connectivity index (χ0) is 15.9. The monoisotopic (exact) mass is 377 g/mol. The van der Waals surface area contributed by atoms with E-state index < -0.39 is 12.2 Å².